The van der Waals surface area contributed by atoms with Crippen molar-refractivity contribution in [1.82, 2.24) is 15.5 Å². The molecule has 8 nitrogen and oxygen atoms in total. The minimum absolute atomic E-state index is 0.163. The molecule has 8 heteroatoms. The number of amides is 3. The number of benzene rings is 1. The third-order valence-corrected chi connectivity index (χ3v) is 5.94. The molecule has 1 fully saturated rings. The monoisotopic (exact) mass is 475 g/mol. The van der Waals surface area contributed by atoms with Crippen molar-refractivity contribution in [2.75, 3.05) is 13.2 Å². The van der Waals surface area contributed by atoms with Crippen molar-refractivity contribution in [3.63, 3.8) is 0 Å². The van der Waals surface area contributed by atoms with Crippen LogP contribution in [0.1, 0.15) is 76.6 Å². The molecule has 1 aromatic rings. The van der Waals surface area contributed by atoms with Crippen LogP contribution in [0.3, 0.4) is 0 Å². The average Bonchev–Trinajstić information content (AvgIpc) is 3.46. The maximum atomic E-state index is 13.8. The van der Waals surface area contributed by atoms with Crippen molar-refractivity contribution in [3.05, 3.63) is 34.9 Å². The number of hydrogen-bond acceptors (Lipinski definition) is 5. The first kappa shape index (κ1) is 27.6. The lowest BCUT2D eigenvalue weighted by molar-refractivity contribution is -0.144. The first-order valence-corrected chi connectivity index (χ1v) is 12.2. The molecule has 4 unspecified atom stereocenters. The Bertz CT molecular complexity index is 880. The van der Waals surface area contributed by atoms with Crippen molar-refractivity contribution >= 4 is 17.9 Å². The van der Waals surface area contributed by atoms with E-state index < -0.39 is 36.3 Å². The van der Waals surface area contributed by atoms with E-state index in [0.717, 1.165) is 36.0 Å². The van der Waals surface area contributed by atoms with E-state index >= 15 is 0 Å². The van der Waals surface area contributed by atoms with Gasteiger partial charge in [-0.2, -0.15) is 0 Å². The average molecular weight is 476 g/mol. The first-order valence-electron chi connectivity index (χ1n) is 12.2. The Hall–Kier alpha value is -2.61. The van der Waals surface area contributed by atoms with Crippen LogP contribution in [-0.2, 0) is 14.3 Å². The normalized spacial score (nSPS) is 19.1. The fourth-order valence-corrected chi connectivity index (χ4v) is 3.94. The van der Waals surface area contributed by atoms with Crippen molar-refractivity contribution in [1.29, 1.82) is 0 Å². The third kappa shape index (κ3) is 7.45. The number of hydrogen-bond donors (Lipinski definition) is 3. The van der Waals surface area contributed by atoms with E-state index in [0.29, 0.717) is 6.54 Å². The summed E-state index contributed by atoms with van der Waals surface area (Å²) in [7, 11) is 0. The van der Waals surface area contributed by atoms with Gasteiger partial charge in [-0.3, -0.25) is 9.59 Å². The van der Waals surface area contributed by atoms with Crippen LogP contribution in [0.15, 0.2) is 18.2 Å². The second-order valence-corrected chi connectivity index (χ2v) is 10.3. The zero-order valence-electron chi connectivity index (χ0n) is 21.6. The molecule has 190 valence electrons. The van der Waals surface area contributed by atoms with E-state index in [1.54, 1.807) is 25.7 Å². The molecule has 0 saturated heterocycles. The summed E-state index contributed by atoms with van der Waals surface area (Å²) in [6.07, 6.45) is 1.72. The number of rotatable bonds is 10. The van der Waals surface area contributed by atoms with Gasteiger partial charge < -0.3 is 25.4 Å². The molecule has 4 atom stereocenters. The standard InChI is InChI=1S/C26H41N3O5/c1-8-9-12-27-23(31)22(19-13-16(2)10-11-17(19)3)29(21-14-18(21)4)24(32)20(15-30)28-25(33)34-26(5,6)7/h10-11,13,18,20-22,30H,8-9,12,14-15H2,1-7H3,(H,27,31)(H,28,33). The summed E-state index contributed by atoms with van der Waals surface area (Å²) < 4.78 is 5.28. The van der Waals surface area contributed by atoms with Gasteiger partial charge in [0.1, 0.15) is 17.7 Å². The summed E-state index contributed by atoms with van der Waals surface area (Å²) >= 11 is 0. The minimum Gasteiger partial charge on any atom is -0.444 e. The fourth-order valence-electron chi connectivity index (χ4n) is 3.94. The number of aliphatic hydroxyl groups is 1. The molecule has 1 aromatic carbocycles. The number of nitrogens with zero attached hydrogens (tertiary/aromatic N) is 1. The summed E-state index contributed by atoms with van der Waals surface area (Å²) in [6, 6.07) is 3.59. The number of aliphatic hydroxyl groups excluding tert-OH is 1. The molecule has 2 rings (SSSR count). The zero-order chi connectivity index (χ0) is 25.6. The van der Waals surface area contributed by atoms with Crippen LogP contribution in [-0.4, -0.2) is 58.8 Å². The Kier molecular flexibility index (Phi) is 9.50. The van der Waals surface area contributed by atoms with Crippen LogP contribution in [0, 0.1) is 19.8 Å². The Morgan fingerprint density at radius 3 is 2.41 bits per heavy atom. The Morgan fingerprint density at radius 2 is 1.88 bits per heavy atom. The highest BCUT2D eigenvalue weighted by atomic mass is 16.6. The van der Waals surface area contributed by atoms with Gasteiger partial charge in [0, 0.05) is 12.6 Å². The summed E-state index contributed by atoms with van der Waals surface area (Å²) in [5, 5.41) is 15.5. The fraction of sp³-hybridized carbons (Fsp3) is 0.654. The van der Waals surface area contributed by atoms with E-state index in [1.807, 2.05) is 45.9 Å². The topological polar surface area (TPSA) is 108 Å². The molecule has 34 heavy (non-hydrogen) atoms. The van der Waals surface area contributed by atoms with E-state index in [2.05, 4.69) is 10.6 Å². The summed E-state index contributed by atoms with van der Waals surface area (Å²) in [4.78, 5) is 41.2. The van der Waals surface area contributed by atoms with Crippen LogP contribution < -0.4 is 10.6 Å². The van der Waals surface area contributed by atoms with Crippen LogP contribution in [0.25, 0.3) is 0 Å². The second-order valence-electron chi connectivity index (χ2n) is 10.3. The largest absolute Gasteiger partial charge is 0.444 e. The molecular formula is C26H41N3O5. The highest BCUT2D eigenvalue weighted by Gasteiger charge is 2.48. The van der Waals surface area contributed by atoms with Crippen LogP contribution in [0.2, 0.25) is 0 Å². The lowest BCUT2D eigenvalue weighted by Gasteiger charge is -2.35. The number of alkyl carbamates (subject to hydrolysis) is 1. The molecule has 0 spiro atoms. The van der Waals surface area contributed by atoms with Crippen molar-refractivity contribution < 1.29 is 24.2 Å². The predicted molar refractivity (Wildman–Crippen MR) is 131 cm³/mol. The molecule has 3 N–H and O–H groups in total. The van der Waals surface area contributed by atoms with E-state index in [1.165, 1.54) is 0 Å². The van der Waals surface area contributed by atoms with Crippen LogP contribution >= 0.6 is 0 Å². The second kappa shape index (κ2) is 11.7. The summed E-state index contributed by atoms with van der Waals surface area (Å²) in [5.41, 5.74) is 1.87. The van der Waals surface area contributed by atoms with Gasteiger partial charge in [0.25, 0.3) is 0 Å². The highest BCUT2D eigenvalue weighted by molar-refractivity contribution is 5.93. The van der Waals surface area contributed by atoms with Crippen molar-refractivity contribution in [2.24, 2.45) is 5.92 Å². The summed E-state index contributed by atoms with van der Waals surface area (Å²) in [5.74, 6) is -0.552. The van der Waals surface area contributed by atoms with E-state index in [-0.39, 0.29) is 17.9 Å². The number of nitrogens with one attached hydrogen (secondary N) is 2. The quantitative estimate of drug-likeness (QED) is 0.450. The maximum absolute atomic E-state index is 13.8. The Labute approximate surface area is 203 Å². The van der Waals surface area contributed by atoms with Gasteiger partial charge in [-0.25, -0.2) is 4.79 Å². The zero-order valence-corrected chi connectivity index (χ0v) is 21.6. The molecule has 1 aliphatic carbocycles. The molecule has 0 bridgehead atoms. The summed E-state index contributed by atoms with van der Waals surface area (Å²) in [6.45, 7) is 13.0. The van der Waals surface area contributed by atoms with Crippen LogP contribution in [0.4, 0.5) is 4.79 Å². The van der Waals surface area contributed by atoms with E-state index in [9.17, 15) is 19.5 Å². The lowest BCUT2D eigenvalue weighted by Crippen LogP contribution is -2.55. The Morgan fingerprint density at radius 1 is 1.24 bits per heavy atom. The third-order valence-electron chi connectivity index (χ3n) is 5.94. The van der Waals surface area contributed by atoms with Gasteiger partial charge in [-0.05, 0) is 64.5 Å². The molecule has 0 radical (unpaired) electrons. The molecule has 0 aliphatic heterocycles. The number of unbranched alkanes of at least 4 members (excludes halogenated alkanes) is 1. The molecule has 1 saturated carbocycles. The van der Waals surface area contributed by atoms with Gasteiger partial charge in [0.15, 0.2) is 0 Å². The first-order chi connectivity index (χ1) is 15.9. The number of aryl methyl sites for hydroxylation is 2. The Balaban J connectivity index is 2.44. The van der Waals surface area contributed by atoms with Crippen molar-refractivity contribution in [3.8, 4) is 0 Å². The molecular weight excluding hydrogens is 434 g/mol. The van der Waals surface area contributed by atoms with Gasteiger partial charge in [0.05, 0.1) is 6.61 Å². The molecule has 0 aromatic heterocycles. The molecule has 1 aliphatic rings. The maximum Gasteiger partial charge on any atom is 0.408 e. The highest BCUT2D eigenvalue weighted by Crippen LogP contribution is 2.41. The van der Waals surface area contributed by atoms with E-state index in [4.69, 9.17) is 4.74 Å². The van der Waals surface area contributed by atoms with Crippen LogP contribution in [0.5, 0.6) is 0 Å². The lowest BCUT2D eigenvalue weighted by atomic mass is 9.96. The number of ether oxygens (including phenoxy) is 1. The number of carbonyl (C=O) groups excluding carboxylic acids is 3. The van der Waals surface area contributed by atoms with Crippen molar-refractivity contribution in [2.45, 2.75) is 91.5 Å². The molecule has 0 heterocycles. The minimum atomic E-state index is -1.22. The number of carbonyl (C=O) groups is 3. The predicted octanol–water partition coefficient (Wildman–Crippen LogP) is 3.38. The van der Waals surface area contributed by atoms with Gasteiger partial charge in [-0.15, -0.1) is 0 Å². The van der Waals surface area contributed by atoms with Gasteiger partial charge >= 0.3 is 6.09 Å². The van der Waals surface area contributed by atoms with Gasteiger partial charge in [0.2, 0.25) is 11.8 Å². The molecule has 3 amide bonds. The SMILES string of the molecule is CCCCNC(=O)C(c1cc(C)ccc1C)N(C(=O)C(CO)NC(=O)OC(C)(C)C)C1CC1C. The van der Waals surface area contributed by atoms with Gasteiger partial charge in [-0.1, -0.05) is 44.0 Å². The smallest absolute Gasteiger partial charge is 0.408 e.